The van der Waals surface area contributed by atoms with E-state index < -0.39 is 5.82 Å². The van der Waals surface area contributed by atoms with Gasteiger partial charge in [0.1, 0.15) is 11.5 Å². The normalized spacial score (nSPS) is 10.6. The average Bonchev–Trinajstić information content (AvgIpc) is 2.47. The summed E-state index contributed by atoms with van der Waals surface area (Å²) in [5.74, 6) is -0.704. The molecule has 0 saturated carbocycles. The molecule has 0 aliphatic rings. The number of hydrogen-bond acceptors (Lipinski definition) is 3. The zero-order valence-corrected chi connectivity index (χ0v) is 9.88. The van der Waals surface area contributed by atoms with E-state index in [0.29, 0.717) is 5.56 Å². The van der Waals surface area contributed by atoms with Crippen molar-refractivity contribution in [3.63, 3.8) is 0 Å². The molecule has 2 heterocycles. The van der Waals surface area contributed by atoms with Gasteiger partial charge in [0.15, 0.2) is 0 Å². The quantitative estimate of drug-likeness (QED) is 0.658. The molecule has 0 saturated heterocycles. The number of carbonyl (C=O) groups is 1. The Morgan fingerprint density at radius 3 is 2.74 bits per heavy atom. The molecule has 19 heavy (non-hydrogen) atoms. The Bertz CT molecular complexity index is 753. The van der Waals surface area contributed by atoms with E-state index in [1.807, 2.05) is 18.2 Å². The van der Waals surface area contributed by atoms with Crippen LogP contribution in [0.2, 0.25) is 0 Å². The predicted molar refractivity (Wildman–Crippen MR) is 69.4 cm³/mol. The number of pyridine rings is 2. The SMILES string of the molecule is O=C(c1ccc2cccnc2c1)c1ccc(F)cn1. The van der Waals surface area contributed by atoms with Crippen LogP contribution < -0.4 is 0 Å². The predicted octanol–water partition coefficient (Wildman–Crippen LogP) is 3.00. The van der Waals surface area contributed by atoms with Gasteiger partial charge in [-0.2, -0.15) is 0 Å². The van der Waals surface area contributed by atoms with Gasteiger partial charge < -0.3 is 0 Å². The number of carbonyl (C=O) groups excluding carboxylic acids is 1. The molecule has 0 amide bonds. The first kappa shape index (κ1) is 11.5. The van der Waals surface area contributed by atoms with Crippen molar-refractivity contribution < 1.29 is 9.18 Å². The van der Waals surface area contributed by atoms with Crippen molar-refractivity contribution in [2.24, 2.45) is 0 Å². The van der Waals surface area contributed by atoms with E-state index >= 15 is 0 Å². The van der Waals surface area contributed by atoms with Gasteiger partial charge in [0.2, 0.25) is 5.78 Å². The summed E-state index contributed by atoms with van der Waals surface area (Å²) in [6.07, 6.45) is 2.71. The molecule has 0 aliphatic heterocycles. The van der Waals surface area contributed by atoms with Gasteiger partial charge in [-0.3, -0.25) is 9.78 Å². The van der Waals surface area contributed by atoms with E-state index in [9.17, 15) is 9.18 Å². The second kappa shape index (κ2) is 4.57. The Hall–Kier alpha value is -2.62. The van der Waals surface area contributed by atoms with Crippen LogP contribution in [-0.4, -0.2) is 15.8 Å². The molecule has 0 N–H and O–H groups in total. The summed E-state index contributed by atoms with van der Waals surface area (Å²) in [5.41, 5.74) is 1.46. The van der Waals surface area contributed by atoms with Gasteiger partial charge in [-0.05, 0) is 24.3 Å². The zero-order valence-electron chi connectivity index (χ0n) is 9.88. The van der Waals surface area contributed by atoms with Gasteiger partial charge in [-0.15, -0.1) is 0 Å². The highest BCUT2D eigenvalue weighted by Gasteiger charge is 2.11. The first-order valence-electron chi connectivity index (χ1n) is 5.75. The van der Waals surface area contributed by atoms with Gasteiger partial charge in [0.25, 0.3) is 0 Å². The van der Waals surface area contributed by atoms with Gasteiger partial charge in [0, 0.05) is 17.1 Å². The van der Waals surface area contributed by atoms with Crippen LogP contribution in [0.4, 0.5) is 4.39 Å². The fourth-order valence-corrected chi connectivity index (χ4v) is 1.87. The smallest absolute Gasteiger partial charge is 0.211 e. The highest BCUT2D eigenvalue weighted by molar-refractivity contribution is 6.09. The number of ketones is 1. The van der Waals surface area contributed by atoms with Crippen molar-refractivity contribution in [1.29, 1.82) is 0 Å². The number of fused-ring (bicyclic) bond motifs is 1. The minimum absolute atomic E-state index is 0.219. The maximum atomic E-state index is 12.8. The molecule has 0 bridgehead atoms. The Labute approximate surface area is 108 Å². The molecule has 3 nitrogen and oxygen atoms in total. The van der Waals surface area contributed by atoms with Gasteiger partial charge in [-0.1, -0.05) is 18.2 Å². The van der Waals surface area contributed by atoms with E-state index in [1.165, 1.54) is 12.1 Å². The van der Waals surface area contributed by atoms with Crippen LogP contribution >= 0.6 is 0 Å². The van der Waals surface area contributed by atoms with Crippen molar-refractivity contribution in [3.05, 3.63) is 71.9 Å². The minimum atomic E-state index is -0.461. The number of benzene rings is 1. The maximum absolute atomic E-state index is 12.8. The molecule has 4 heteroatoms. The molecule has 2 aromatic heterocycles. The molecular formula is C15H9FN2O. The second-order valence-electron chi connectivity index (χ2n) is 4.10. The van der Waals surface area contributed by atoms with E-state index in [0.717, 1.165) is 17.1 Å². The Balaban J connectivity index is 2.04. The molecular weight excluding hydrogens is 243 g/mol. The van der Waals surface area contributed by atoms with Crippen LogP contribution in [0.1, 0.15) is 16.1 Å². The lowest BCUT2D eigenvalue weighted by Crippen LogP contribution is -2.04. The van der Waals surface area contributed by atoms with Crippen molar-refractivity contribution >= 4 is 16.7 Å². The average molecular weight is 252 g/mol. The summed E-state index contributed by atoms with van der Waals surface area (Å²) in [6, 6.07) is 11.6. The topological polar surface area (TPSA) is 42.9 Å². The van der Waals surface area contributed by atoms with Crippen LogP contribution in [0.25, 0.3) is 10.9 Å². The first-order chi connectivity index (χ1) is 9.24. The number of hydrogen-bond donors (Lipinski definition) is 0. The van der Waals surface area contributed by atoms with Crippen LogP contribution in [0.3, 0.4) is 0 Å². The Kier molecular flexibility index (Phi) is 2.76. The van der Waals surface area contributed by atoms with Gasteiger partial charge in [0.05, 0.1) is 11.7 Å². The molecule has 0 aliphatic carbocycles. The summed E-state index contributed by atoms with van der Waals surface area (Å²) >= 11 is 0. The lowest BCUT2D eigenvalue weighted by molar-refractivity contribution is 0.103. The van der Waals surface area contributed by atoms with Crippen molar-refractivity contribution in [3.8, 4) is 0 Å². The summed E-state index contributed by atoms with van der Waals surface area (Å²) in [7, 11) is 0. The van der Waals surface area contributed by atoms with Crippen LogP contribution in [0.5, 0.6) is 0 Å². The number of halogens is 1. The van der Waals surface area contributed by atoms with E-state index in [2.05, 4.69) is 9.97 Å². The van der Waals surface area contributed by atoms with E-state index in [1.54, 1.807) is 18.3 Å². The van der Waals surface area contributed by atoms with Crippen molar-refractivity contribution in [1.82, 2.24) is 9.97 Å². The molecule has 3 rings (SSSR count). The summed E-state index contributed by atoms with van der Waals surface area (Å²) in [4.78, 5) is 20.2. The largest absolute Gasteiger partial charge is 0.287 e. The second-order valence-corrected chi connectivity index (χ2v) is 4.10. The minimum Gasteiger partial charge on any atom is -0.287 e. The number of aromatic nitrogens is 2. The van der Waals surface area contributed by atoms with Crippen molar-refractivity contribution in [2.75, 3.05) is 0 Å². The molecule has 0 atom stereocenters. The summed E-state index contributed by atoms with van der Waals surface area (Å²) in [6.45, 7) is 0. The molecule has 0 unspecified atom stereocenters. The Morgan fingerprint density at radius 1 is 1.05 bits per heavy atom. The Morgan fingerprint density at radius 2 is 1.95 bits per heavy atom. The van der Waals surface area contributed by atoms with Crippen molar-refractivity contribution in [2.45, 2.75) is 0 Å². The third-order valence-electron chi connectivity index (χ3n) is 2.83. The first-order valence-corrected chi connectivity index (χ1v) is 5.75. The third-order valence-corrected chi connectivity index (χ3v) is 2.83. The van der Waals surface area contributed by atoms with Crippen LogP contribution in [0.15, 0.2) is 54.9 Å². The van der Waals surface area contributed by atoms with E-state index in [-0.39, 0.29) is 11.5 Å². The number of rotatable bonds is 2. The fourth-order valence-electron chi connectivity index (χ4n) is 1.87. The fraction of sp³-hybridized carbons (Fsp3) is 0. The van der Waals surface area contributed by atoms with Gasteiger partial charge >= 0.3 is 0 Å². The highest BCUT2D eigenvalue weighted by atomic mass is 19.1. The van der Waals surface area contributed by atoms with E-state index in [4.69, 9.17) is 0 Å². The third kappa shape index (κ3) is 2.20. The molecule has 0 radical (unpaired) electrons. The lowest BCUT2D eigenvalue weighted by Gasteiger charge is -2.02. The molecule has 0 spiro atoms. The molecule has 3 aromatic rings. The van der Waals surface area contributed by atoms with Crippen LogP contribution in [0, 0.1) is 5.82 Å². The lowest BCUT2D eigenvalue weighted by atomic mass is 10.1. The zero-order chi connectivity index (χ0) is 13.2. The maximum Gasteiger partial charge on any atom is 0.211 e. The summed E-state index contributed by atoms with van der Waals surface area (Å²) in [5, 5.41) is 0.964. The highest BCUT2D eigenvalue weighted by Crippen LogP contribution is 2.15. The van der Waals surface area contributed by atoms with Gasteiger partial charge in [-0.25, -0.2) is 9.37 Å². The monoisotopic (exact) mass is 252 g/mol. The van der Waals surface area contributed by atoms with Crippen LogP contribution in [-0.2, 0) is 0 Å². The molecule has 0 fully saturated rings. The molecule has 1 aromatic carbocycles. The number of nitrogens with zero attached hydrogens (tertiary/aromatic N) is 2. The summed E-state index contributed by atoms with van der Waals surface area (Å²) < 4.78 is 12.8. The molecule has 92 valence electrons. The standard InChI is InChI=1S/C15H9FN2O/c16-12-5-6-13(18-9-12)15(19)11-4-3-10-2-1-7-17-14(10)8-11/h1-9H.